The second kappa shape index (κ2) is 5.60. The number of nitrogens with zero attached hydrogens (tertiary/aromatic N) is 1. The van der Waals surface area contributed by atoms with Gasteiger partial charge in [0.15, 0.2) is 0 Å². The molecule has 0 N–H and O–H groups in total. The molecule has 0 radical (unpaired) electrons. The lowest BCUT2D eigenvalue weighted by molar-refractivity contribution is -0.385. The van der Waals surface area contributed by atoms with Crippen molar-refractivity contribution in [3.8, 4) is 0 Å². The van der Waals surface area contributed by atoms with Crippen molar-refractivity contribution in [2.75, 3.05) is 7.11 Å². The molecule has 0 spiro atoms. The molecule has 0 saturated heterocycles. The van der Waals surface area contributed by atoms with E-state index in [4.69, 9.17) is 0 Å². The van der Waals surface area contributed by atoms with Crippen LogP contribution >= 0.6 is 15.9 Å². The smallest absolute Gasteiger partial charge is 0.309 e. The van der Waals surface area contributed by atoms with Crippen LogP contribution < -0.4 is 0 Å². The third kappa shape index (κ3) is 3.03. The van der Waals surface area contributed by atoms with E-state index in [2.05, 4.69) is 20.7 Å². The molecule has 1 aromatic carbocycles. The number of nitro benzene ring substituents is 1. The fourth-order valence-electron chi connectivity index (χ4n) is 1.24. The number of halogens is 1. The van der Waals surface area contributed by atoms with Crippen LogP contribution in [0.4, 0.5) is 5.69 Å². The van der Waals surface area contributed by atoms with E-state index in [-0.39, 0.29) is 12.1 Å². The molecule has 16 heavy (non-hydrogen) atoms. The van der Waals surface area contributed by atoms with Gasteiger partial charge in [-0.3, -0.25) is 14.9 Å². The van der Waals surface area contributed by atoms with Gasteiger partial charge in [0.25, 0.3) is 5.69 Å². The van der Waals surface area contributed by atoms with Gasteiger partial charge in [0.2, 0.25) is 0 Å². The van der Waals surface area contributed by atoms with Crippen LogP contribution in [0, 0.1) is 10.1 Å². The molecule has 1 rings (SSSR count). The Morgan fingerprint density at radius 2 is 2.25 bits per heavy atom. The number of nitro groups is 1. The molecular weight excluding hydrogens is 278 g/mol. The minimum Gasteiger partial charge on any atom is -0.469 e. The summed E-state index contributed by atoms with van der Waals surface area (Å²) in [5, 5.41) is 11.2. The lowest BCUT2D eigenvalue weighted by Crippen LogP contribution is -2.05. The van der Waals surface area contributed by atoms with Crippen molar-refractivity contribution < 1.29 is 14.5 Å². The van der Waals surface area contributed by atoms with Crippen LogP contribution in [-0.2, 0) is 21.3 Å². The Kier molecular flexibility index (Phi) is 4.42. The van der Waals surface area contributed by atoms with Gasteiger partial charge in [0, 0.05) is 17.0 Å². The number of hydrogen-bond donors (Lipinski definition) is 0. The number of rotatable bonds is 4. The maximum absolute atomic E-state index is 11.0. The van der Waals surface area contributed by atoms with E-state index in [9.17, 15) is 14.9 Å². The first kappa shape index (κ1) is 12.6. The topological polar surface area (TPSA) is 69.4 Å². The normalized spacial score (nSPS) is 9.88. The highest BCUT2D eigenvalue weighted by molar-refractivity contribution is 9.08. The first-order valence-electron chi connectivity index (χ1n) is 4.47. The first-order valence-corrected chi connectivity index (χ1v) is 5.59. The van der Waals surface area contributed by atoms with Crippen LogP contribution in [0.15, 0.2) is 18.2 Å². The number of carbonyl (C=O) groups is 1. The summed E-state index contributed by atoms with van der Waals surface area (Å²) in [5.41, 5.74) is 1.17. The molecule has 0 bridgehead atoms. The van der Waals surface area contributed by atoms with E-state index in [0.717, 1.165) is 0 Å². The largest absolute Gasteiger partial charge is 0.469 e. The number of methoxy groups -OCH3 is 1. The number of hydrogen-bond acceptors (Lipinski definition) is 4. The van der Waals surface area contributed by atoms with Gasteiger partial charge >= 0.3 is 5.97 Å². The second-order valence-electron chi connectivity index (χ2n) is 3.11. The molecule has 0 heterocycles. The SMILES string of the molecule is COC(=O)Cc1ccc(CBr)c([N+](=O)[O-])c1. The Balaban J connectivity index is 3.02. The maximum atomic E-state index is 11.0. The molecular formula is C10H10BrNO4. The van der Waals surface area contributed by atoms with Crippen molar-refractivity contribution in [3.05, 3.63) is 39.4 Å². The van der Waals surface area contributed by atoms with Gasteiger partial charge in [0.05, 0.1) is 18.5 Å². The molecule has 0 saturated carbocycles. The Bertz CT molecular complexity index is 419. The van der Waals surface area contributed by atoms with Crippen LogP contribution in [0.3, 0.4) is 0 Å². The predicted molar refractivity (Wildman–Crippen MR) is 61.4 cm³/mol. The molecule has 0 aliphatic rings. The van der Waals surface area contributed by atoms with Crippen molar-refractivity contribution in [1.82, 2.24) is 0 Å². The zero-order valence-electron chi connectivity index (χ0n) is 8.60. The van der Waals surface area contributed by atoms with Gasteiger partial charge in [-0.05, 0) is 5.56 Å². The molecule has 86 valence electrons. The number of carbonyl (C=O) groups excluding carboxylic acids is 1. The van der Waals surface area contributed by atoms with E-state index in [1.54, 1.807) is 12.1 Å². The minimum absolute atomic E-state index is 0.0123. The second-order valence-corrected chi connectivity index (χ2v) is 3.67. The van der Waals surface area contributed by atoms with Crippen LogP contribution in [0.1, 0.15) is 11.1 Å². The fourth-order valence-corrected chi connectivity index (χ4v) is 1.72. The quantitative estimate of drug-likeness (QED) is 0.368. The molecule has 0 fully saturated rings. The zero-order chi connectivity index (χ0) is 12.1. The van der Waals surface area contributed by atoms with E-state index < -0.39 is 10.9 Å². The summed E-state index contributed by atoms with van der Waals surface area (Å²) in [6, 6.07) is 4.71. The summed E-state index contributed by atoms with van der Waals surface area (Å²) in [6.07, 6.45) is 0.0416. The van der Waals surface area contributed by atoms with Crippen molar-refractivity contribution in [2.45, 2.75) is 11.8 Å². The average Bonchev–Trinajstić information content (AvgIpc) is 2.28. The van der Waals surface area contributed by atoms with Crippen molar-refractivity contribution in [3.63, 3.8) is 0 Å². The lowest BCUT2D eigenvalue weighted by Gasteiger charge is -2.03. The molecule has 0 aliphatic heterocycles. The average molecular weight is 288 g/mol. The Morgan fingerprint density at radius 3 is 2.75 bits per heavy atom. The van der Waals surface area contributed by atoms with Crippen molar-refractivity contribution in [1.29, 1.82) is 0 Å². The summed E-state index contributed by atoms with van der Waals surface area (Å²) in [4.78, 5) is 21.3. The van der Waals surface area contributed by atoms with Crippen LogP contribution in [0.5, 0.6) is 0 Å². The standard InChI is InChI=1S/C10H10BrNO4/c1-16-10(13)5-7-2-3-8(6-11)9(4-7)12(14)15/h2-4H,5-6H2,1H3. The fraction of sp³-hybridized carbons (Fsp3) is 0.300. The minimum atomic E-state index is -0.461. The van der Waals surface area contributed by atoms with E-state index in [0.29, 0.717) is 16.5 Å². The van der Waals surface area contributed by atoms with E-state index in [1.165, 1.54) is 13.2 Å². The van der Waals surface area contributed by atoms with Crippen molar-refractivity contribution >= 4 is 27.6 Å². The third-order valence-corrected chi connectivity index (χ3v) is 2.67. The van der Waals surface area contributed by atoms with Crippen molar-refractivity contribution in [2.24, 2.45) is 0 Å². The monoisotopic (exact) mass is 287 g/mol. The molecule has 0 unspecified atom stereocenters. The first-order chi connectivity index (χ1) is 7.58. The molecule has 6 heteroatoms. The maximum Gasteiger partial charge on any atom is 0.309 e. The summed E-state index contributed by atoms with van der Waals surface area (Å²) in [7, 11) is 1.28. The van der Waals surface area contributed by atoms with E-state index in [1.807, 2.05) is 0 Å². The Morgan fingerprint density at radius 1 is 1.56 bits per heavy atom. The molecule has 5 nitrogen and oxygen atoms in total. The number of ether oxygens (including phenoxy) is 1. The summed E-state index contributed by atoms with van der Waals surface area (Å²) in [5.74, 6) is -0.416. The molecule has 0 aromatic heterocycles. The van der Waals surface area contributed by atoms with E-state index >= 15 is 0 Å². The number of alkyl halides is 1. The summed E-state index contributed by atoms with van der Waals surface area (Å²) < 4.78 is 4.49. The predicted octanol–water partition coefficient (Wildman–Crippen LogP) is 2.21. The molecule has 0 aliphatic carbocycles. The van der Waals surface area contributed by atoms with Gasteiger partial charge in [-0.25, -0.2) is 0 Å². The highest BCUT2D eigenvalue weighted by atomic mass is 79.9. The highest BCUT2D eigenvalue weighted by Gasteiger charge is 2.14. The Hall–Kier alpha value is -1.43. The zero-order valence-corrected chi connectivity index (χ0v) is 10.2. The van der Waals surface area contributed by atoms with Crippen LogP contribution in [0.25, 0.3) is 0 Å². The van der Waals surface area contributed by atoms with Gasteiger partial charge in [-0.15, -0.1) is 0 Å². The lowest BCUT2D eigenvalue weighted by atomic mass is 10.1. The Labute approximate surface area is 101 Å². The molecule has 0 amide bonds. The molecule has 0 atom stereocenters. The number of esters is 1. The van der Waals surface area contributed by atoms with Crippen LogP contribution in [0.2, 0.25) is 0 Å². The molecule has 1 aromatic rings. The van der Waals surface area contributed by atoms with Gasteiger partial charge in [0.1, 0.15) is 0 Å². The summed E-state index contributed by atoms with van der Waals surface area (Å²) >= 11 is 3.17. The van der Waals surface area contributed by atoms with Gasteiger partial charge < -0.3 is 4.74 Å². The van der Waals surface area contributed by atoms with Crippen LogP contribution in [-0.4, -0.2) is 18.0 Å². The van der Waals surface area contributed by atoms with Gasteiger partial charge in [-0.2, -0.15) is 0 Å². The van der Waals surface area contributed by atoms with Gasteiger partial charge in [-0.1, -0.05) is 28.1 Å². The highest BCUT2D eigenvalue weighted by Crippen LogP contribution is 2.22. The summed E-state index contributed by atoms with van der Waals surface area (Å²) in [6.45, 7) is 0. The third-order valence-electron chi connectivity index (χ3n) is 2.07. The number of benzene rings is 1.